The van der Waals surface area contributed by atoms with E-state index in [4.69, 9.17) is 5.84 Å². The molecule has 1 fully saturated rings. The van der Waals surface area contributed by atoms with Gasteiger partial charge in [-0.3, -0.25) is 0 Å². The van der Waals surface area contributed by atoms with E-state index in [9.17, 15) is 0 Å². The van der Waals surface area contributed by atoms with Crippen molar-refractivity contribution in [2.45, 2.75) is 18.9 Å². The normalized spacial score (nSPS) is 20.7. The van der Waals surface area contributed by atoms with Gasteiger partial charge in [0.15, 0.2) is 0 Å². The van der Waals surface area contributed by atoms with Gasteiger partial charge >= 0.3 is 0 Å². The Bertz CT molecular complexity index is 367. The van der Waals surface area contributed by atoms with Gasteiger partial charge < -0.3 is 15.2 Å². The van der Waals surface area contributed by atoms with E-state index in [1.54, 1.807) is 6.33 Å². The Morgan fingerprint density at radius 3 is 3.00 bits per heavy atom. The third kappa shape index (κ3) is 2.83. The zero-order chi connectivity index (χ0) is 12.3. The van der Waals surface area contributed by atoms with E-state index in [1.807, 2.05) is 6.07 Å². The predicted molar refractivity (Wildman–Crippen MR) is 68.8 cm³/mol. The number of nitrogens with two attached hydrogens (primary N) is 1. The highest BCUT2D eigenvalue weighted by Gasteiger charge is 2.22. The lowest BCUT2D eigenvalue weighted by Crippen LogP contribution is -2.45. The molecule has 0 aliphatic carbocycles. The van der Waals surface area contributed by atoms with Crippen molar-refractivity contribution in [1.82, 2.24) is 14.9 Å². The number of aromatic nitrogens is 2. The molecule has 17 heavy (non-hydrogen) atoms. The van der Waals surface area contributed by atoms with Crippen molar-refractivity contribution >= 4 is 11.6 Å². The summed E-state index contributed by atoms with van der Waals surface area (Å²) in [6, 6.07) is 2.48. The van der Waals surface area contributed by atoms with E-state index in [-0.39, 0.29) is 0 Å². The van der Waals surface area contributed by atoms with Gasteiger partial charge in [-0.15, -0.1) is 0 Å². The molecule has 1 atom stereocenters. The van der Waals surface area contributed by atoms with Gasteiger partial charge in [0.2, 0.25) is 0 Å². The van der Waals surface area contributed by atoms with Crippen LogP contribution < -0.4 is 16.2 Å². The molecular formula is C11H20N6. The molecule has 1 aromatic rings. The second-order valence-electron chi connectivity index (χ2n) is 4.61. The Morgan fingerprint density at radius 1 is 1.47 bits per heavy atom. The molecule has 0 spiro atoms. The third-order valence-corrected chi connectivity index (χ3v) is 3.25. The van der Waals surface area contributed by atoms with Gasteiger partial charge in [0.25, 0.3) is 0 Å². The number of hydrogen-bond donors (Lipinski definition) is 2. The van der Waals surface area contributed by atoms with E-state index in [2.05, 4.69) is 39.3 Å². The van der Waals surface area contributed by atoms with Crippen LogP contribution in [0.5, 0.6) is 0 Å². The Labute approximate surface area is 102 Å². The Balaban J connectivity index is 2.10. The first-order chi connectivity index (χ1) is 8.20. The Kier molecular flexibility index (Phi) is 3.75. The summed E-state index contributed by atoms with van der Waals surface area (Å²) in [5, 5.41) is 0. The van der Waals surface area contributed by atoms with Crippen LogP contribution in [-0.2, 0) is 0 Å². The molecule has 0 radical (unpaired) electrons. The molecule has 3 N–H and O–H groups in total. The lowest BCUT2D eigenvalue weighted by Gasteiger charge is -2.36. The highest BCUT2D eigenvalue weighted by atomic mass is 15.3. The van der Waals surface area contributed by atoms with Crippen molar-refractivity contribution < 1.29 is 0 Å². The summed E-state index contributed by atoms with van der Waals surface area (Å²) >= 11 is 0. The maximum absolute atomic E-state index is 5.36. The molecule has 0 bridgehead atoms. The van der Waals surface area contributed by atoms with E-state index >= 15 is 0 Å². The van der Waals surface area contributed by atoms with Gasteiger partial charge in [-0.05, 0) is 26.9 Å². The molecule has 6 heteroatoms. The number of nitrogen functional groups attached to an aromatic ring is 1. The van der Waals surface area contributed by atoms with E-state index in [0.29, 0.717) is 11.9 Å². The summed E-state index contributed by atoms with van der Waals surface area (Å²) in [6.45, 7) is 2.05. The molecule has 1 saturated heterocycles. The molecule has 0 amide bonds. The lowest BCUT2D eigenvalue weighted by molar-refractivity contribution is 0.257. The highest BCUT2D eigenvalue weighted by Crippen LogP contribution is 2.20. The van der Waals surface area contributed by atoms with Crippen LogP contribution in [0.2, 0.25) is 0 Å². The van der Waals surface area contributed by atoms with Gasteiger partial charge in [0.05, 0.1) is 0 Å². The van der Waals surface area contributed by atoms with Crippen LogP contribution in [0.15, 0.2) is 12.4 Å². The maximum Gasteiger partial charge on any atom is 0.145 e. The lowest BCUT2D eigenvalue weighted by atomic mass is 10.1. The number of likely N-dealkylation sites (N-methyl/N-ethyl adjacent to an activating group) is 1. The van der Waals surface area contributed by atoms with Gasteiger partial charge in [0.1, 0.15) is 18.0 Å². The fraction of sp³-hybridized carbons (Fsp3) is 0.636. The second kappa shape index (κ2) is 5.29. The smallest absolute Gasteiger partial charge is 0.145 e. The van der Waals surface area contributed by atoms with Crippen molar-refractivity contribution in [3.8, 4) is 0 Å². The zero-order valence-electron chi connectivity index (χ0n) is 10.4. The van der Waals surface area contributed by atoms with Crippen molar-refractivity contribution in [3.63, 3.8) is 0 Å². The number of hydrogen-bond acceptors (Lipinski definition) is 6. The first-order valence-corrected chi connectivity index (χ1v) is 5.90. The van der Waals surface area contributed by atoms with Crippen molar-refractivity contribution in [1.29, 1.82) is 0 Å². The van der Waals surface area contributed by atoms with Crippen LogP contribution in [0.3, 0.4) is 0 Å². The van der Waals surface area contributed by atoms with Gasteiger partial charge in [-0.1, -0.05) is 0 Å². The molecule has 0 aromatic carbocycles. The maximum atomic E-state index is 5.36. The summed E-state index contributed by atoms with van der Waals surface area (Å²) in [4.78, 5) is 12.9. The second-order valence-corrected chi connectivity index (χ2v) is 4.61. The molecule has 94 valence electrons. The van der Waals surface area contributed by atoms with Gasteiger partial charge in [-0.2, -0.15) is 0 Å². The molecule has 0 saturated carbocycles. The van der Waals surface area contributed by atoms with E-state index < -0.39 is 0 Å². The summed E-state index contributed by atoms with van der Waals surface area (Å²) in [7, 11) is 4.25. The number of nitrogens with zero attached hydrogens (tertiary/aromatic N) is 4. The summed E-state index contributed by atoms with van der Waals surface area (Å²) in [6.07, 6.45) is 3.98. The SMILES string of the molecule is CN(C)C1CCCN(c2cc(NN)ncn2)C1. The number of rotatable bonds is 3. The van der Waals surface area contributed by atoms with Crippen molar-refractivity contribution in [2.24, 2.45) is 5.84 Å². The summed E-state index contributed by atoms with van der Waals surface area (Å²) in [5.41, 5.74) is 2.55. The molecule has 1 aromatic heterocycles. The summed E-state index contributed by atoms with van der Waals surface area (Å²) < 4.78 is 0. The predicted octanol–water partition coefficient (Wildman–Crippen LogP) is 0.293. The third-order valence-electron chi connectivity index (χ3n) is 3.25. The van der Waals surface area contributed by atoms with Crippen LogP contribution in [0.4, 0.5) is 11.6 Å². The number of anilines is 2. The topological polar surface area (TPSA) is 70.3 Å². The first kappa shape index (κ1) is 12.1. The molecule has 6 nitrogen and oxygen atoms in total. The quantitative estimate of drug-likeness (QED) is 0.581. The fourth-order valence-corrected chi connectivity index (χ4v) is 2.18. The molecule has 1 unspecified atom stereocenters. The molecule has 1 aliphatic heterocycles. The molecular weight excluding hydrogens is 216 g/mol. The average molecular weight is 236 g/mol. The minimum atomic E-state index is 0.591. The molecule has 2 rings (SSSR count). The van der Waals surface area contributed by atoms with Crippen molar-refractivity contribution in [2.75, 3.05) is 37.5 Å². The first-order valence-electron chi connectivity index (χ1n) is 5.90. The largest absolute Gasteiger partial charge is 0.355 e. The highest BCUT2D eigenvalue weighted by molar-refractivity contribution is 5.48. The Morgan fingerprint density at radius 2 is 2.29 bits per heavy atom. The minimum absolute atomic E-state index is 0.591. The summed E-state index contributed by atoms with van der Waals surface area (Å²) in [5.74, 6) is 6.96. The van der Waals surface area contributed by atoms with Crippen LogP contribution in [0.25, 0.3) is 0 Å². The van der Waals surface area contributed by atoms with Crippen LogP contribution in [-0.4, -0.2) is 48.1 Å². The van der Waals surface area contributed by atoms with Crippen LogP contribution >= 0.6 is 0 Å². The van der Waals surface area contributed by atoms with Crippen LogP contribution in [0, 0.1) is 0 Å². The van der Waals surface area contributed by atoms with Gasteiger partial charge in [0, 0.05) is 25.2 Å². The van der Waals surface area contributed by atoms with Crippen LogP contribution in [0.1, 0.15) is 12.8 Å². The monoisotopic (exact) mass is 236 g/mol. The van der Waals surface area contributed by atoms with E-state index in [0.717, 1.165) is 18.9 Å². The standard InChI is InChI=1S/C11H20N6/c1-16(2)9-4-3-5-17(7-9)11-6-10(15-12)13-8-14-11/h6,8-9H,3-5,7,12H2,1-2H3,(H,13,14,15). The number of piperidine rings is 1. The van der Waals surface area contributed by atoms with Crippen molar-refractivity contribution in [3.05, 3.63) is 12.4 Å². The van der Waals surface area contributed by atoms with E-state index in [1.165, 1.54) is 12.8 Å². The number of nitrogens with one attached hydrogen (secondary N) is 1. The molecule has 2 heterocycles. The number of hydrazine groups is 1. The zero-order valence-corrected chi connectivity index (χ0v) is 10.4. The molecule has 1 aliphatic rings. The minimum Gasteiger partial charge on any atom is -0.355 e. The Hall–Kier alpha value is -1.40. The average Bonchev–Trinajstić information content (AvgIpc) is 2.39. The fourth-order valence-electron chi connectivity index (χ4n) is 2.18. The van der Waals surface area contributed by atoms with Gasteiger partial charge in [-0.25, -0.2) is 15.8 Å².